The van der Waals surface area contributed by atoms with Crippen LogP contribution in [-0.2, 0) is 43.0 Å². The average Bonchev–Trinajstić information content (AvgIpc) is 3.64. The van der Waals surface area contributed by atoms with Gasteiger partial charge in [-0.2, -0.15) is 0 Å². The Bertz CT molecular complexity index is 1570. The Morgan fingerprint density at radius 2 is 1.60 bits per heavy atom. The van der Waals surface area contributed by atoms with Gasteiger partial charge in [-0.3, -0.25) is 33.6 Å². The van der Waals surface area contributed by atoms with Crippen LogP contribution in [0.2, 0.25) is 0 Å². The second kappa shape index (κ2) is 24.0. The highest BCUT2D eigenvalue weighted by atomic mass is 16.7. The first-order valence-electron chi connectivity index (χ1n) is 19.7. The molecule has 0 aromatic heterocycles. The number of ether oxygens (including phenoxy) is 3. The van der Waals surface area contributed by atoms with Crippen LogP contribution >= 0.6 is 0 Å². The summed E-state index contributed by atoms with van der Waals surface area (Å²) in [5.74, 6) is -7.30. The molecule has 0 bridgehead atoms. The van der Waals surface area contributed by atoms with Crippen molar-refractivity contribution in [3.8, 4) is 0 Å². The summed E-state index contributed by atoms with van der Waals surface area (Å²) in [4.78, 5) is 106. The maximum atomic E-state index is 14.6. The van der Waals surface area contributed by atoms with E-state index in [9.17, 15) is 43.5 Å². The standard InChI is InChI=1S/C39H58N6O12/c1-4-6-17-29(34(40)48)42-31(46)21-41-37(51)33(47)28(12-5-2)43-36(50)30-20-25(57-23-56-19-18-55-3)22-45(30)38(52)32(24-13-8-7-9-14-24)44-35(49)26-15-10-11-16-27(26)39(53)54/h10-11,15-16,24-25,28-30,32H,4-9,12-14,17-23H2,1-3H3,(H2,40,48)(H,41,51)(H,42,46)(H,43,50)(H,44,49)(H,53,54). The molecule has 1 aromatic carbocycles. The van der Waals surface area contributed by atoms with Crippen molar-refractivity contribution in [3.05, 3.63) is 35.4 Å². The number of carbonyl (C=O) groups excluding carboxylic acids is 7. The molecule has 0 radical (unpaired) electrons. The van der Waals surface area contributed by atoms with Crippen LogP contribution in [0.4, 0.5) is 0 Å². The Labute approximate surface area is 332 Å². The number of unbranched alkanes of at least 4 members (excludes halogenated alkanes) is 1. The highest BCUT2D eigenvalue weighted by Crippen LogP contribution is 2.30. The fraction of sp³-hybridized carbons (Fsp3) is 0.641. The van der Waals surface area contributed by atoms with Gasteiger partial charge in [0.05, 0.1) is 43.0 Å². The van der Waals surface area contributed by atoms with Crippen LogP contribution in [0, 0.1) is 5.92 Å². The summed E-state index contributed by atoms with van der Waals surface area (Å²) >= 11 is 0. The highest BCUT2D eigenvalue weighted by Gasteiger charge is 2.45. The van der Waals surface area contributed by atoms with Crippen LogP contribution in [-0.4, -0.2) is 128 Å². The van der Waals surface area contributed by atoms with Gasteiger partial charge in [-0.05, 0) is 43.7 Å². The number of benzene rings is 1. The van der Waals surface area contributed by atoms with Gasteiger partial charge in [-0.15, -0.1) is 0 Å². The summed E-state index contributed by atoms with van der Waals surface area (Å²) in [6.45, 7) is 3.36. The lowest BCUT2D eigenvalue weighted by Gasteiger charge is -2.35. The van der Waals surface area contributed by atoms with Crippen molar-refractivity contribution < 1.29 is 57.7 Å². The Morgan fingerprint density at radius 1 is 0.895 bits per heavy atom. The number of ketones is 1. The van der Waals surface area contributed by atoms with Gasteiger partial charge in [-0.25, -0.2) is 4.79 Å². The van der Waals surface area contributed by atoms with Crippen molar-refractivity contribution in [2.45, 2.75) is 115 Å². The number of carboxylic acids is 1. The maximum Gasteiger partial charge on any atom is 0.336 e. The number of rotatable bonds is 24. The van der Waals surface area contributed by atoms with E-state index in [1.165, 1.54) is 36.3 Å². The molecule has 316 valence electrons. The molecule has 7 N–H and O–H groups in total. The molecular weight excluding hydrogens is 744 g/mol. The number of amides is 6. The molecule has 1 aliphatic heterocycles. The molecule has 57 heavy (non-hydrogen) atoms. The summed E-state index contributed by atoms with van der Waals surface area (Å²) in [5, 5.41) is 19.8. The Kier molecular flexibility index (Phi) is 19.5. The zero-order chi connectivity index (χ0) is 41.9. The predicted octanol–water partition coefficient (Wildman–Crippen LogP) is 0.801. The minimum Gasteiger partial charge on any atom is -0.478 e. The van der Waals surface area contributed by atoms with E-state index in [1.54, 1.807) is 6.92 Å². The molecule has 5 unspecified atom stereocenters. The fourth-order valence-corrected chi connectivity index (χ4v) is 7.04. The third-order valence-electron chi connectivity index (χ3n) is 10.1. The molecular formula is C39H58N6O12. The molecule has 1 saturated heterocycles. The summed E-state index contributed by atoms with van der Waals surface area (Å²) in [6.07, 6.45) is 5.23. The number of nitrogens with two attached hydrogens (primary N) is 1. The topological polar surface area (TPSA) is 262 Å². The second-order valence-corrected chi connectivity index (χ2v) is 14.3. The van der Waals surface area contributed by atoms with Gasteiger partial charge in [0, 0.05) is 20.1 Å². The minimum absolute atomic E-state index is 0.00312. The van der Waals surface area contributed by atoms with E-state index in [0.717, 1.165) is 25.7 Å². The molecule has 18 heteroatoms. The Morgan fingerprint density at radius 3 is 2.23 bits per heavy atom. The Balaban J connectivity index is 1.82. The van der Waals surface area contributed by atoms with E-state index < -0.39 is 84.0 Å². The van der Waals surface area contributed by atoms with Crippen molar-refractivity contribution in [1.82, 2.24) is 26.2 Å². The van der Waals surface area contributed by atoms with Gasteiger partial charge in [0.15, 0.2) is 0 Å². The van der Waals surface area contributed by atoms with E-state index in [1.807, 2.05) is 6.92 Å². The fourth-order valence-electron chi connectivity index (χ4n) is 7.04. The number of hydrogen-bond donors (Lipinski definition) is 6. The normalized spacial score (nSPS) is 18.5. The molecule has 1 heterocycles. The van der Waals surface area contributed by atoms with Gasteiger partial charge < -0.3 is 51.2 Å². The third kappa shape index (κ3) is 14.2. The average molecular weight is 803 g/mol. The van der Waals surface area contributed by atoms with Crippen LogP contribution in [0.5, 0.6) is 0 Å². The minimum atomic E-state index is -1.32. The third-order valence-corrected chi connectivity index (χ3v) is 10.1. The van der Waals surface area contributed by atoms with Crippen molar-refractivity contribution in [2.75, 3.05) is 40.2 Å². The van der Waals surface area contributed by atoms with Crippen LogP contribution < -0.4 is 27.0 Å². The monoisotopic (exact) mass is 802 g/mol. The summed E-state index contributed by atoms with van der Waals surface area (Å²) in [6, 6.07) is 1.10. The smallest absolute Gasteiger partial charge is 0.336 e. The van der Waals surface area contributed by atoms with E-state index in [0.29, 0.717) is 38.7 Å². The number of carboxylic acid groups (broad SMARTS) is 1. The molecule has 6 amide bonds. The largest absolute Gasteiger partial charge is 0.478 e. The summed E-state index contributed by atoms with van der Waals surface area (Å²) in [5.41, 5.74) is 5.02. The maximum absolute atomic E-state index is 14.6. The summed E-state index contributed by atoms with van der Waals surface area (Å²) < 4.78 is 16.3. The van der Waals surface area contributed by atoms with Gasteiger partial charge >= 0.3 is 5.97 Å². The van der Waals surface area contributed by atoms with Gasteiger partial charge in [-0.1, -0.05) is 64.5 Å². The number of hydrogen-bond acceptors (Lipinski definition) is 11. The number of methoxy groups -OCH3 is 1. The van der Waals surface area contributed by atoms with E-state index in [-0.39, 0.29) is 49.8 Å². The Hall–Kier alpha value is -4.94. The van der Waals surface area contributed by atoms with Crippen molar-refractivity contribution >= 4 is 47.2 Å². The lowest BCUT2D eigenvalue weighted by molar-refractivity contribution is -0.143. The zero-order valence-electron chi connectivity index (χ0n) is 33.0. The molecule has 5 atom stereocenters. The molecule has 18 nitrogen and oxygen atoms in total. The van der Waals surface area contributed by atoms with Gasteiger partial charge in [0.25, 0.3) is 11.8 Å². The van der Waals surface area contributed by atoms with Gasteiger partial charge in [0.2, 0.25) is 29.4 Å². The van der Waals surface area contributed by atoms with Crippen LogP contribution in [0.15, 0.2) is 24.3 Å². The first kappa shape index (κ1) is 46.4. The van der Waals surface area contributed by atoms with E-state index in [4.69, 9.17) is 19.9 Å². The molecule has 0 spiro atoms. The molecule has 1 aliphatic carbocycles. The molecule has 2 aliphatic rings. The lowest BCUT2D eigenvalue weighted by Crippen LogP contribution is -2.58. The summed E-state index contributed by atoms with van der Waals surface area (Å²) in [7, 11) is 1.52. The van der Waals surface area contributed by atoms with Gasteiger partial charge in [0.1, 0.15) is 24.9 Å². The van der Waals surface area contributed by atoms with Crippen molar-refractivity contribution in [2.24, 2.45) is 11.7 Å². The van der Waals surface area contributed by atoms with Crippen LogP contribution in [0.1, 0.15) is 105 Å². The number of aromatic carboxylic acids is 1. The van der Waals surface area contributed by atoms with Crippen molar-refractivity contribution in [3.63, 3.8) is 0 Å². The molecule has 1 aromatic rings. The molecule has 1 saturated carbocycles. The number of nitrogens with zero attached hydrogens (tertiary/aromatic N) is 1. The van der Waals surface area contributed by atoms with E-state index >= 15 is 0 Å². The van der Waals surface area contributed by atoms with Crippen molar-refractivity contribution in [1.29, 1.82) is 0 Å². The first-order valence-corrected chi connectivity index (χ1v) is 19.7. The molecule has 3 rings (SSSR count). The second-order valence-electron chi connectivity index (χ2n) is 14.3. The first-order chi connectivity index (χ1) is 27.3. The number of primary amides is 1. The quantitative estimate of drug-likeness (QED) is 0.0482. The van der Waals surface area contributed by atoms with E-state index in [2.05, 4.69) is 21.3 Å². The SMILES string of the molecule is CCCCC(NC(=O)CNC(=O)C(=O)C(CCC)NC(=O)C1CC(OCOCCOC)CN1C(=O)C(NC(=O)c1ccccc1C(=O)O)C1CCCCC1)C(N)=O. The zero-order valence-corrected chi connectivity index (χ0v) is 33.0. The van der Waals surface area contributed by atoms with Crippen LogP contribution in [0.25, 0.3) is 0 Å². The van der Waals surface area contributed by atoms with Crippen LogP contribution in [0.3, 0.4) is 0 Å². The number of likely N-dealkylation sites (tertiary alicyclic amines) is 1. The number of carbonyl (C=O) groups is 8. The predicted molar refractivity (Wildman–Crippen MR) is 204 cm³/mol. The lowest BCUT2D eigenvalue weighted by atomic mass is 9.83. The highest BCUT2D eigenvalue weighted by molar-refractivity contribution is 6.38. The number of nitrogens with one attached hydrogen (secondary N) is 4. The number of Topliss-reactive ketones (excluding diaryl/α,β-unsaturated/α-hetero) is 1. The molecule has 2 fully saturated rings.